The van der Waals surface area contributed by atoms with Crippen molar-refractivity contribution in [1.82, 2.24) is 5.32 Å². The second-order valence-corrected chi connectivity index (χ2v) is 5.03. The highest BCUT2D eigenvalue weighted by Gasteiger charge is 2.35. The van der Waals surface area contributed by atoms with Gasteiger partial charge in [-0.05, 0) is 37.4 Å². The molecular formula is C16H25F2NO. The fourth-order valence-corrected chi connectivity index (χ4v) is 2.77. The summed E-state index contributed by atoms with van der Waals surface area (Å²) in [6.07, 6.45) is 2.15. The van der Waals surface area contributed by atoms with E-state index in [1.807, 2.05) is 6.92 Å². The first-order valence-electron chi connectivity index (χ1n) is 7.25. The van der Waals surface area contributed by atoms with Gasteiger partial charge in [-0.1, -0.05) is 26.8 Å². The van der Waals surface area contributed by atoms with Gasteiger partial charge in [0.15, 0.2) is 0 Å². The Morgan fingerprint density at radius 1 is 1.20 bits per heavy atom. The molecular weight excluding hydrogens is 260 g/mol. The largest absolute Gasteiger partial charge is 0.377 e. The minimum atomic E-state index is -0.546. The average Bonchev–Trinajstić information content (AvgIpc) is 2.44. The van der Waals surface area contributed by atoms with Gasteiger partial charge < -0.3 is 10.1 Å². The van der Waals surface area contributed by atoms with Gasteiger partial charge >= 0.3 is 0 Å². The number of benzene rings is 1. The van der Waals surface area contributed by atoms with E-state index in [2.05, 4.69) is 19.2 Å². The lowest BCUT2D eigenvalue weighted by atomic mass is 9.84. The van der Waals surface area contributed by atoms with Crippen LogP contribution in [-0.4, -0.2) is 25.3 Å². The number of hydrogen-bond acceptors (Lipinski definition) is 2. The van der Waals surface area contributed by atoms with Gasteiger partial charge in [0, 0.05) is 19.2 Å². The molecule has 1 rings (SSSR count). The topological polar surface area (TPSA) is 21.3 Å². The summed E-state index contributed by atoms with van der Waals surface area (Å²) in [5, 5.41) is 3.38. The van der Waals surface area contributed by atoms with Crippen molar-refractivity contribution in [2.75, 3.05) is 13.7 Å². The molecule has 0 aliphatic rings. The first-order valence-corrected chi connectivity index (χ1v) is 7.25. The minimum Gasteiger partial charge on any atom is -0.377 e. The molecule has 0 heterocycles. The molecule has 0 radical (unpaired) electrons. The Bertz CT molecular complexity index is 411. The van der Waals surface area contributed by atoms with E-state index < -0.39 is 11.6 Å². The minimum absolute atomic E-state index is 0.00698. The van der Waals surface area contributed by atoms with E-state index in [0.29, 0.717) is 12.0 Å². The maximum Gasteiger partial charge on any atom is 0.129 e. The van der Waals surface area contributed by atoms with Crippen LogP contribution in [0.4, 0.5) is 8.78 Å². The van der Waals surface area contributed by atoms with Crippen molar-refractivity contribution in [3.8, 4) is 0 Å². The lowest BCUT2D eigenvalue weighted by Gasteiger charge is -2.39. The summed E-state index contributed by atoms with van der Waals surface area (Å²) in [7, 11) is 1.69. The van der Waals surface area contributed by atoms with Gasteiger partial charge in [-0.2, -0.15) is 0 Å². The van der Waals surface area contributed by atoms with Gasteiger partial charge in [-0.15, -0.1) is 0 Å². The molecule has 0 aromatic heterocycles. The Balaban J connectivity index is 3.02. The highest BCUT2D eigenvalue weighted by Crippen LogP contribution is 2.27. The van der Waals surface area contributed by atoms with Crippen LogP contribution in [0, 0.1) is 11.6 Å². The third-order valence-electron chi connectivity index (χ3n) is 4.13. The number of nitrogens with one attached hydrogen (secondary N) is 1. The van der Waals surface area contributed by atoms with Gasteiger partial charge in [-0.3, -0.25) is 0 Å². The monoisotopic (exact) mass is 285 g/mol. The third-order valence-corrected chi connectivity index (χ3v) is 4.13. The smallest absolute Gasteiger partial charge is 0.129 e. The van der Waals surface area contributed by atoms with E-state index in [1.54, 1.807) is 7.11 Å². The number of rotatable bonds is 8. The number of hydrogen-bond donors (Lipinski definition) is 1. The standard InChI is InChI=1S/C16H25F2NO/c1-5-16(6-2,20-4)15(19-7-3)10-12-8-9-13(17)11-14(12)18/h8-9,11,15,19H,5-7,10H2,1-4H3. The Labute approximate surface area is 120 Å². The molecule has 2 nitrogen and oxygen atoms in total. The fourth-order valence-electron chi connectivity index (χ4n) is 2.77. The van der Waals surface area contributed by atoms with E-state index in [4.69, 9.17) is 4.74 Å². The summed E-state index contributed by atoms with van der Waals surface area (Å²) < 4.78 is 32.6. The lowest BCUT2D eigenvalue weighted by molar-refractivity contribution is -0.0470. The number of ether oxygens (including phenoxy) is 1. The van der Waals surface area contributed by atoms with Crippen LogP contribution >= 0.6 is 0 Å². The number of methoxy groups -OCH3 is 1. The molecule has 1 N–H and O–H groups in total. The molecule has 0 aliphatic heterocycles. The van der Waals surface area contributed by atoms with Crippen molar-refractivity contribution in [2.24, 2.45) is 0 Å². The first kappa shape index (κ1) is 17.1. The second kappa shape index (κ2) is 7.70. The van der Waals surface area contributed by atoms with E-state index in [-0.39, 0.29) is 11.6 Å². The molecule has 1 atom stereocenters. The van der Waals surface area contributed by atoms with Crippen molar-refractivity contribution >= 4 is 0 Å². The molecule has 20 heavy (non-hydrogen) atoms. The predicted octanol–water partition coefficient (Wildman–Crippen LogP) is 3.69. The molecule has 114 valence electrons. The van der Waals surface area contributed by atoms with Crippen molar-refractivity contribution in [3.05, 3.63) is 35.4 Å². The maximum absolute atomic E-state index is 13.8. The highest BCUT2D eigenvalue weighted by atomic mass is 19.1. The third kappa shape index (κ3) is 3.76. The molecule has 0 amide bonds. The van der Waals surface area contributed by atoms with Gasteiger partial charge in [0.1, 0.15) is 11.6 Å². The highest BCUT2D eigenvalue weighted by molar-refractivity contribution is 5.20. The Hall–Kier alpha value is -1.00. The van der Waals surface area contributed by atoms with Crippen LogP contribution in [0.1, 0.15) is 39.2 Å². The van der Waals surface area contributed by atoms with Gasteiger partial charge in [-0.25, -0.2) is 8.78 Å². The van der Waals surface area contributed by atoms with Crippen LogP contribution in [0.2, 0.25) is 0 Å². The number of halogens is 2. The molecule has 0 fully saturated rings. The summed E-state index contributed by atoms with van der Waals surface area (Å²) in [4.78, 5) is 0. The lowest BCUT2D eigenvalue weighted by Crippen LogP contribution is -2.52. The second-order valence-electron chi connectivity index (χ2n) is 5.03. The van der Waals surface area contributed by atoms with Crippen molar-refractivity contribution in [1.29, 1.82) is 0 Å². The molecule has 1 aromatic rings. The summed E-state index contributed by atoms with van der Waals surface area (Å²) in [5.41, 5.74) is 0.178. The Kier molecular flexibility index (Phi) is 6.56. The first-order chi connectivity index (χ1) is 9.52. The van der Waals surface area contributed by atoms with Crippen LogP contribution in [-0.2, 0) is 11.2 Å². The van der Waals surface area contributed by atoms with Crippen molar-refractivity contribution in [2.45, 2.75) is 51.7 Å². The quantitative estimate of drug-likeness (QED) is 0.786. The Morgan fingerprint density at radius 3 is 2.30 bits per heavy atom. The van der Waals surface area contributed by atoms with Crippen molar-refractivity contribution < 1.29 is 13.5 Å². The Morgan fingerprint density at radius 2 is 1.85 bits per heavy atom. The van der Waals surface area contributed by atoms with Gasteiger partial charge in [0.2, 0.25) is 0 Å². The number of likely N-dealkylation sites (N-methyl/N-ethyl adjacent to an activating group) is 1. The summed E-state index contributed by atoms with van der Waals surface area (Å²) in [5.74, 6) is -1.04. The van der Waals surface area contributed by atoms with Gasteiger partial charge in [0.05, 0.1) is 5.60 Å². The van der Waals surface area contributed by atoms with Crippen LogP contribution in [0.15, 0.2) is 18.2 Å². The zero-order valence-electron chi connectivity index (χ0n) is 12.8. The normalized spacial score (nSPS) is 13.5. The van der Waals surface area contributed by atoms with E-state index in [1.165, 1.54) is 12.1 Å². The van der Waals surface area contributed by atoms with E-state index in [0.717, 1.165) is 25.5 Å². The molecule has 0 saturated heterocycles. The van der Waals surface area contributed by atoms with Crippen molar-refractivity contribution in [3.63, 3.8) is 0 Å². The fraction of sp³-hybridized carbons (Fsp3) is 0.625. The summed E-state index contributed by atoms with van der Waals surface area (Å²) in [6, 6.07) is 3.74. The van der Waals surface area contributed by atoms with E-state index >= 15 is 0 Å². The van der Waals surface area contributed by atoms with Crippen LogP contribution in [0.5, 0.6) is 0 Å². The molecule has 0 saturated carbocycles. The van der Waals surface area contributed by atoms with Crippen LogP contribution < -0.4 is 5.32 Å². The average molecular weight is 285 g/mol. The molecule has 0 bridgehead atoms. The van der Waals surface area contributed by atoms with Crippen LogP contribution in [0.25, 0.3) is 0 Å². The van der Waals surface area contributed by atoms with E-state index in [9.17, 15) is 8.78 Å². The summed E-state index contributed by atoms with van der Waals surface area (Å²) in [6.45, 7) is 6.93. The summed E-state index contributed by atoms with van der Waals surface area (Å²) >= 11 is 0. The SMILES string of the molecule is CCNC(Cc1ccc(F)cc1F)C(CC)(CC)OC. The molecule has 0 aliphatic carbocycles. The zero-order chi connectivity index (χ0) is 15.2. The van der Waals surface area contributed by atoms with Crippen LogP contribution in [0.3, 0.4) is 0 Å². The predicted molar refractivity (Wildman–Crippen MR) is 77.8 cm³/mol. The zero-order valence-corrected chi connectivity index (χ0v) is 12.8. The molecule has 1 unspecified atom stereocenters. The maximum atomic E-state index is 13.8. The molecule has 1 aromatic carbocycles. The van der Waals surface area contributed by atoms with Gasteiger partial charge in [0.25, 0.3) is 0 Å². The molecule has 4 heteroatoms. The molecule has 0 spiro atoms.